The fourth-order valence-corrected chi connectivity index (χ4v) is 5.84. The topological polar surface area (TPSA) is 97.0 Å². The fourth-order valence-electron chi connectivity index (χ4n) is 3.77. The number of nitrogens with zero attached hydrogens (tertiary/aromatic N) is 3. The van der Waals surface area contributed by atoms with E-state index in [4.69, 9.17) is 9.72 Å². The maximum atomic E-state index is 13.6. The molecule has 1 aliphatic rings. The number of thioether (sulfide) groups is 1. The molecule has 3 heterocycles. The molecule has 0 bridgehead atoms. The zero-order valence-corrected chi connectivity index (χ0v) is 21.3. The lowest BCUT2D eigenvalue weighted by Gasteiger charge is -2.28. The number of hydrogen-bond acceptors (Lipinski definition) is 7. The smallest absolute Gasteiger partial charge is 0.263 e. The summed E-state index contributed by atoms with van der Waals surface area (Å²) in [6.45, 7) is 12.5. The van der Waals surface area contributed by atoms with Crippen LogP contribution in [0.2, 0.25) is 0 Å². The van der Waals surface area contributed by atoms with E-state index in [1.54, 1.807) is 18.4 Å². The van der Waals surface area contributed by atoms with Gasteiger partial charge in [-0.2, -0.15) is 5.26 Å². The quantitative estimate of drug-likeness (QED) is 0.456. The van der Waals surface area contributed by atoms with E-state index >= 15 is 0 Å². The molecular weight excluding hydrogens is 444 g/mol. The van der Waals surface area contributed by atoms with Gasteiger partial charge in [0.05, 0.1) is 29.4 Å². The summed E-state index contributed by atoms with van der Waals surface area (Å²) in [7, 11) is 0. The number of nitriles is 1. The van der Waals surface area contributed by atoms with Gasteiger partial charge in [0.2, 0.25) is 5.91 Å². The maximum absolute atomic E-state index is 13.6. The van der Waals surface area contributed by atoms with E-state index in [1.807, 2.05) is 27.7 Å². The van der Waals surface area contributed by atoms with Crippen molar-refractivity contribution in [2.75, 3.05) is 6.61 Å². The van der Waals surface area contributed by atoms with Crippen LogP contribution in [0.25, 0.3) is 10.2 Å². The fraction of sp³-hybridized carbons (Fsp3) is 0.652. The molecule has 0 aromatic carbocycles. The highest BCUT2D eigenvalue weighted by Crippen LogP contribution is 2.31. The van der Waals surface area contributed by atoms with Crippen molar-refractivity contribution in [1.29, 1.82) is 5.26 Å². The van der Waals surface area contributed by atoms with Crippen LogP contribution >= 0.6 is 23.1 Å². The molecule has 9 heteroatoms. The monoisotopic (exact) mass is 476 g/mol. The van der Waals surface area contributed by atoms with Crippen LogP contribution in [-0.2, 0) is 22.5 Å². The normalized spacial score (nSPS) is 19.1. The molecule has 1 saturated heterocycles. The summed E-state index contributed by atoms with van der Waals surface area (Å²) in [6, 6.07) is 2.21. The lowest BCUT2D eigenvalue weighted by molar-refractivity contribution is -0.121. The van der Waals surface area contributed by atoms with Gasteiger partial charge in [0.15, 0.2) is 5.16 Å². The van der Waals surface area contributed by atoms with Crippen molar-refractivity contribution in [2.45, 2.75) is 89.4 Å². The number of carbonyl (C=O) groups excluding carboxylic acids is 1. The second kappa shape index (κ2) is 9.94. The van der Waals surface area contributed by atoms with Crippen LogP contribution in [0, 0.1) is 24.2 Å². The van der Waals surface area contributed by atoms with E-state index in [0.29, 0.717) is 28.5 Å². The largest absolute Gasteiger partial charge is 0.376 e. The van der Waals surface area contributed by atoms with Gasteiger partial charge in [-0.3, -0.25) is 14.2 Å². The van der Waals surface area contributed by atoms with Gasteiger partial charge < -0.3 is 10.1 Å². The zero-order valence-electron chi connectivity index (χ0n) is 19.7. The summed E-state index contributed by atoms with van der Waals surface area (Å²) < 4.78 is 7.47. The first-order valence-electron chi connectivity index (χ1n) is 11.2. The second-order valence-corrected chi connectivity index (χ2v) is 11.3. The Bertz CT molecular complexity index is 1100. The van der Waals surface area contributed by atoms with Crippen molar-refractivity contribution in [1.82, 2.24) is 14.9 Å². The standard InChI is InChI=1S/C23H32N4O3S2/c1-7-17-14(4)31-20-18(17)21(29)27(11-16-9-8-10-30-16)22(25-20)32-15(5)19(28)26-23(6,12-24)13(2)3/h13,15-16H,7-11H2,1-6H3,(H,26,28). The summed E-state index contributed by atoms with van der Waals surface area (Å²) in [6.07, 6.45) is 2.64. The Morgan fingerprint density at radius 2 is 2.19 bits per heavy atom. The third-order valence-corrected chi connectivity index (χ3v) is 8.39. The van der Waals surface area contributed by atoms with Crippen LogP contribution < -0.4 is 10.9 Å². The Hall–Kier alpha value is -1.89. The first kappa shape index (κ1) is 24.7. The number of hydrogen-bond donors (Lipinski definition) is 1. The number of amides is 1. The van der Waals surface area contributed by atoms with Gasteiger partial charge >= 0.3 is 0 Å². The molecule has 7 nitrogen and oxygen atoms in total. The molecule has 1 aliphatic heterocycles. The number of aromatic nitrogens is 2. The molecule has 1 fully saturated rings. The molecule has 0 spiro atoms. The predicted molar refractivity (Wildman–Crippen MR) is 129 cm³/mol. The number of thiophene rings is 1. The Morgan fingerprint density at radius 3 is 2.75 bits per heavy atom. The van der Waals surface area contributed by atoms with Crippen LogP contribution in [0.3, 0.4) is 0 Å². The number of nitrogens with one attached hydrogen (secondary N) is 1. The molecule has 0 radical (unpaired) electrons. The number of aryl methyl sites for hydroxylation is 2. The first-order chi connectivity index (χ1) is 15.1. The molecular formula is C23H32N4O3S2. The number of carbonyl (C=O) groups is 1. The van der Waals surface area contributed by atoms with Gasteiger partial charge in [-0.15, -0.1) is 11.3 Å². The molecule has 2 aromatic heterocycles. The molecule has 1 N–H and O–H groups in total. The average Bonchev–Trinajstić information content (AvgIpc) is 3.37. The van der Waals surface area contributed by atoms with E-state index in [9.17, 15) is 14.9 Å². The predicted octanol–water partition coefficient (Wildman–Crippen LogP) is 4.04. The van der Waals surface area contributed by atoms with Crippen LogP contribution in [0.5, 0.6) is 0 Å². The molecule has 1 amide bonds. The Kier molecular flexibility index (Phi) is 7.69. The van der Waals surface area contributed by atoms with Crippen LogP contribution in [0.15, 0.2) is 9.95 Å². The molecule has 0 aliphatic carbocycles. The minimum atomic E-state index is -0.957. The summed E-state index contributed by atoms with van der Waals surface area (Å²) in [5.74, 6) is -0.287. The van der Waals surface area contributed by atoms with Crippen molar-refractivity contribution in [3.05, 3.63) is 20.8 Å². The lowest BCUT2D eigenvalue weighted by atomic mass is 9.90. The van der Waals surface area contributed by atoms with Crippen LogP contribution in [0.1, 0.15) is 57.9 Å². The van der Waals surface area contributed by atoms with Crippen molar-refractivity contribution >= 4 is 39.2 Å². The number of rotatable bonds is 8. The van der Waals surface area contributed by atoms with E-state index < -0.39 is 10.8 Å². The molecule has 0 saturated carbocycles. The highest BCUT2D eigenvalue weighted by Gasteiger charge is 2.32. The van der Waals surface area contributed by atoms with E-state index in [0.717, 1.165) is 29.7 Å². The Morgan fingerprint density at radius 1 is 1.47 bits per heavy atom. The summed E-state index contributed by atoms with van der Waals surface area (Å²) >= 11 is 2.78. The zero-order chi connectivity index (χ0) is 23.6. The Labute approximate surface area is 197 Å². The molecule has 2 aromatic rings. The third-order valence-electron chi connectivity index (χ3n) is 6.26. The van der Waals surface area contributed by atoms with Gasteiger partial charge in [-0.25, -0.2) is 4.98 Å². The van der Waals surface area contributed by atoms with Crippen molar-refractivity contribution in [3.8, 4) is 6.07 Å². The third kappa shape index (κ3) is 4.87. The highest BCUT2D eigenvalue weighted by atomic mass is 32.2. The summed E-state index contributed by atoms with van der Waals surface area (Å²) in [5, 5.41) is 13.1. The van der Waals surface area contributed by atoms with E-state index in [2.05, 4.69) is 11.4 Å². The maximum Gasteiger partial charge on any atom is 0.263 e. The van der Waals surface area contributed by atoms with Crippen molar-refractivity contribution in [3.63, 3.8) is 0 Å². The molecule has 174 valence electrons. The van der Waals surface area contributed by atoms with E-state index in [-0.39, 0.29) is 23.5 Å². The lowest BCUT2D eigenvalue weighted by Crippen LogP contribution is -2.51. The van der Waals surface area contributed by atoms with Crippen LogP contribution in [-0.4, -0.2) is 39.0 Å². The first-order valence-corrected chi connectivity index (χ1v) is 12.8. The van der Waals surface area contributed by atoms with Gasteiger partial charge in [0.1, 0.15) is 10.4 Å². The highest BCUT2D eigenvalue weighted by molar-refractivity contribution is 8.00. The molecule has 32 heavy (non-hydrogen) atoms. The number of fused-ring (bicyclic) bond motifs is 1. The summed E-state index contributed by atoms with van der Waals surface area (Å²) in [5.41, 5.74) is 0.0279. The molecule has 3 unspecified atom stereocenters. The van der Waals surface area contributed by atoms with Gasteiger partial charge in [0, 0.05) is 11.5 Å². The average molecular weight is 477 g/mol. The minimum absolute atomic E-state index is 0.0249. The van der Waals surface area contributed by atoms with Gasteiger partial charge in [-0.1, -0.05) is 32.5 Å². The molecule has 3 rings (SSSR count). The Balaban J connectivity index is 1.98. The van der Waals surface area contributed by atoms with E-state index in [1.165, 1.54) is 23.1 Å². The number of ether oxygens (including phenoxy) is 1. The van der Waals surface area contributed by atoms with Crippen LogP contribution in [0.4, 0.5) is 0 Å². The van der Waals surface area contributed by atoms with Gasteiger partial charge in [0.25, 0.3) is 5.56 Å². The second-order valence-electron chi connectivity index (χ2n) is 8.83. The van der Waals surface area contributed by atoms with Crippen molar-refractivity contribution in [2.24, 2.45) is 5.92 Å². The van der Waals surface area contributed by atoms with Crippen molar-refractivity contribution < 1.29 is 9.53 Å². The molecule has 3 atom stereocenters. The van der Waals surface area contributed by atoms with Gasteiger partial charge in [-0.05, 0) is 51.5 Å². The summed E-state index contributed by atoms with van der Waals surface area (Å²) in [4.78, 5) is 33.1. The minimum Gasteiger partial charge on any atom is -0.376 e. The SMILES string of the molecule is CCc1c(C)sc2nc(SC(C)C(=O)NC(C)(C#N)C(C)C)n(CC3CCCO3)c(=O)c12.